The highest BCUT2D eigenvalue weighted by Gasteiger charge is 2.50. The maximum Gasteiger partial charge on any atom is 0.126 e. The molecule has 1 atom stereocenters. The second-order valence-electron chi connectivity index (χ2n) is 9.85. The van der Waals surface area contributed by atoms with Crippen molar-refractivity contribution in [2.75, 3.05) is 39.9 Å². The Labute approximate surface area is 165 Å². The highest BCUT2D eigenvalue weighted by molar-refractivity contribution is 5.01. The normalized spacial score (nSPS) is 40.5. The van der Waals surface area contributed by atoms with E-state index in [4.69, 9.17) is 4.74 Å². The number of hydrogen-bond donors (Lipinski definition) is 1. The van der Waals surface area contributed by atoms with Crippen molar-refractivity contribution in [3.8, 4) is 0 Å². The maximum atomic E-state index is 10.3. The standard InChI is InChI=1S/C20H36NO2.HI/c1-21(5-2-3-6-21)14-19(22)15-23-7-4-20-11-16-8-17(12-20)10-18(9-16)13-20;/h16-19,22H,2-15H2,1H3;1H/q+1;/p-1. The van der Waals surface area contributed by atoms with Gasteiger partial charge in [-0.15, -0.1) is 0 Å². The minimum atomic E-state index is -0.283. The Morgan fingerprint density at radius 2 is 1.58 bits per heavy atom. The Morgan fingerprint density at radius 3 is 2.12 bits per heavy atom. The molecule has 0 aromatic heterocycles. The van der Waals surface area contributed by atoms with Crippen LogP contribution in [0.2, 0.25) is 0 Å². The summed E-state index contributed by atoms with van der Waals surface area (Å²) in [4.78, 5) is 0. The lowest BCUT2D eigenvalue weighted by Crippen LogP contribution is -3.00. The molecule has 1 saturated heterocycles. The van der Waals surface area contributed by atoms with E-state index in [0.717, 1.165) is 35.4 Å². The first-order valence-electron chi connectivity index (χ1n) is 10.1. The van der Waals surface area contributed by atoms with Crippen molar-refractivity contribution in [3.05, 3.63) is 0 Å². The van der Waals surface area contributed by atoms with E-state index in [-0.39, 0.29) is 30.1 Å². The first-order chi connectivity index (χ1) is 11.0. The van der Waals surface area contributed by atoms with Crippen LogP contribution in [0.15, 0.2) is 0 Å². The number of likely N-dealkylation sites (tertiary alicyclic amines) is 1. The van der Waals surface area contributed by atoms with E-state index in [1.807, 2.05) is 0 Å². The van der Waals surface area contributed by atoms with E-state index in [2.05, 4.69) is 7.05 Å². The molecule has 1 unspecified atom stereocenters. The number of rotatable bonds is 7. The lowest BCUT2D eigenvalue weighted by Gasteiger charge is -2.57. The van der Waals surface area contributed by atoms with Crippen molar-refractivity contribution in [2.45, 2.75) is 63.9 Å². The number of aliphatic hydroxyl groups excluding tert-OH is 1. The number of hydrogen-bond acceptors (Lipinski definition) is 2. The number of likely N-dealkylation sites (N-methyl/N-ethyl adjacent to an activating group) is 1. The summed E-state index contributed by atoms with van der Waals surface area (Å²) in [5, 5.41) is 10.3. The van der Waals surface area contributed by atoms with Crippen molar-refractivity contribution in [1.29, 1.82) is 0 Å². The molecule has 0 radical (unpaired) electrons. The molecule has 4 bridgehead atoms. The molecule has 5 fully saturated rings. The van der Waals surface area contributed by atoms with Crippen LogP contribution in [0.25, 0.3) is 0 Å². The van der Waals surface area contributed by atoms with Gasteiger partial charge in [-0.05, 0) is 68.1 Å². The van der Waals surface area contributed by atoms with Gasteiger partial charge in [-0.2, -0.15) is 0 Å². The minimum Gasteiger partial charge on any atom is -1.00 e. The average molecular weight is 449 g/mol. The third kappa shape index (κ3) is 4.29. The summed E-state index contributed by atoms with van der Waals surface area (Å²) < 4.78 is 6.97. The molecule has 0 aromatic carbocycles. The van der Waals surface area contributed by atoms with E-state index in [1.54, 1.807) is 0 Å². The zero-order valence-electron chi connectivity index (χ0n) is 15.4. The predicted molar refractivity (Wildman–Crippen MR) is 92.1 cm³/mol. The van der Waals surface area contributed by atoms with Crippen molar-refractivity contribution in [2.24, 2.45) is 23.2 Å². The van der Waals surface area contributed by atoms with Crippen molar-refractivity contribution < 1.29 is 38.3 Å². The summed E-state index contributed by atoms with van der Waals surface area (Å²) in [6, 6.07) is 0. The fraction of sp³-hybridized carbons (Fsp3) is 1.00. The van der Waals surface area contributed by atoms with Crippen LogP contribution in [0.5, 0.6) is 0 Å². The van der Waals surface area contributed by atoms with Crippen LogP contribution in [0.4, 0.5) is 0 Å². The molecule has 5 rings (SSSR count). The number of halogens is 1. The van der Waals surface area contributed by atoms with Gasteiger partial charge in [0.05, 0.1) is 26.7 Å². The van der Waals surface area contributed by atoms with Gasteiger partial charge in [0.15, 0.2) is 0 Å². The largest absolute Gasteiger partial charge is 1.00 e. The lowest BCUT2D eigenvalue weighted by atomic mass is 9.49. The number of nitrogens with zero attached hydrogens (tertiary/aromatic N) is 1. The monoisotopic (exact) mass is 449 g/mol. The molecule has 0 amide bonds. The highest BCUT2D eigenvalue weighted by Crippen LogP contribution is 2.61. The van der Waals surface area contributed by atoms with Crippen LogP contribution >= 0.6 is 0 Å². The Bertz CT molecular complexity index is 387. The summed E-state index contributed by atoms with van der Waals surface area (Å²) in [5.41, 5.74) is 0.618. The third-order valence-electron chi connectivity index (χ3n) is 7.55. The second kappa shape index (κ2) is 7.69. The maximum absolute atomic E-state index is 10.3. The second-order valence-corrected chi connectivity index (χ2v) is 9.85. The first-order valence-corrected chi connectivity index (χ1v) is 10.1. The van der Waals surface area contributed by atoms with Gasteiger partial charge in [0.2, 0.25) is 0 Å². The van der Waals surface area contributed by atoms with E-state index in [0.29, 0.717) is 12.0 Å². The zero-order chi connectivity index (χ0) is 15.9. The van der Waals surface area contributed by atoms with Gasteiger partial charge >= 0.3 is 0 Å². The Morgan fingerprint density at radius 1 is 1.04 bits per heavy atom. The van der Waals surface area contributed by atoms with Crippen LogP contribution in [-0.2, 0) is 4.74 Å². The lowest BCUT2D eigenvalue weighted by molar-refractivity contribution is -0.900. The van der Waals surface area contributed by atoms with Crippen LogP contribution < -0.4 is 24.0 Å². The molecule has 1 aliphatic heterocycles. The van der Waals surface area contributed by atoms with E-state index in [9.17, 15) is 5.11 Å². The fourth-order valence-corrected chi connectivity index (χ4v) is 6.95. The summed E-state index contributed by atoms with van der Waals surface area (Å²) in [7, 11) is 2.28. The Hall–Kier alpha value is 0.610. The Kier molecular flexibility index (Phi) is 6.21. The molecule has 1 heterocycles. The van der Waals surface area contributed by atoms with Gasteiger partial charge in [0, 0.05) is 19.4 Å². The van der Waals surface area contributed by atoms with E-state index >= 15 is 0 Å². The fourth-order valence-electron chi connectivity index (χ4n) is 6.95. The smallest absolute Gasteiger partial charge is 0.126 e. The topological polar surface area (TPSA) is 29.5 Å². The summed E-state index contributed by atoms with van der Waals surface area (Å²) in [6.45, 7) is 4.74. The predicted octanol–water partition coefficient (Wildman–Crippen LogP) is 0.215. The number of aliphatic hydroxyl groups is 1. The van der Waals surface area contributed by atoms with E-state index in [1.165, 1.54) is 70.9 Å². The molecule has 24 heavy (non-hydrogen) atoms. The summed E-state index contributed by atoms with van der Waals surface area (Å²) in [6.07, 6.45) is 12.6. The van der Waals surface area contributed by atoms with Crippen molar-refractivity contribution in [3.63, 3.8) is 0 Å². The third-order valence-corrected chi connectivity index (χ3v) is 7.55. The van der Waals surface area contributed by atoms with Gasteiger partial charge in [0.1, 0.15) is 12.6 Å². The molecule has 4 saturated carbocycles. The van der Waals surface area contributed by atoms with Gasteiger partial charge in [-0.3, -0.25) is 0 Å². The molecule has 4 aliphatic carbocycles. The molecule has 5 aliphatic rings. The molecule has 3 nitrogen and oxygen atoms in total. The first kappa shape index (κ1) is 19.4. The highest BCUT2D eigenvalue weighted by atomic mass is 127. The average Bonchev–Trinajstić information content (AvgIpc) is 2.88. The van der Waals surface area contributed by atoms with Gasteiger partial charge in [-0.1, -0.05) is 0 Å². The summed E-state index contributed by atoms with van der Waals surface area (Å²) >= 11 is 0. The molecule has 0 spiro atoms. The van der Waals surface area contributed by atoms with Gasteiger partial charge in [-0.25, -0.2) is 0 Å². The van der Waals surface area contributed by atoms with Crippen molar-refractivity contribution >= 4 is 0 Å². The molecule has 4 heteroatoms. The number of ether oxygens (including phenoxy) is 1. The van der Waals surface area contributed by atoms with Gasteiger partial charge in [0.25, 0.3) is 0 Å². The molecular formula is C20H36INO2. The van der Waals surface area contributed by atoms with Crippen LogP contribution in [0.3, 0.4) is 0 Å². The SMILES string of the molecule is C[N+]1(CC(O)COCCC23CC4CC(CC(C4)C2)C3)CCCC1.[I-]. The Balaban J connectivity index is 0.00000169. The molecule has 0 aromatic rings. The molecule has 140 valence electrons. The molecular weight excluding hydrogens is 413 g/mol. The van der Waals surface area contributed by atoms with E-state index < -0.39 is 0 Å². The molecule has 1 N–H and O–H groups in total. The van der Waals surface area contributed by atoms with Crippen molar-refractivity contribution in [1.82, 2.24) is 0 Å². The number of quaternary nitrogens is 1. The van der Waals surface area contributed by atoms with Crippen LogP contribution in [-0.4, -0.2) is 55.6 Å². The quantitative estimate of drug-likeness (QED) is 0.342. The van der Waals surface area contributed by atoms with Gasteiger partial charge < -0.3 is 38.3 Å². The van der Waals surface area contributed by atoms with Crippen LogP contribution in [0.1, 0.15) is 57.8 Å². The van der Waals surface area contributed by atoms with Crippen LogP contribution in [0, 0.1) is 23.2 Å². The summed E-state index contributed by atoms with van der Waals surface area (Å²) in [5.74, 6) is 3.10. The minimum absolute atomic E-state index is 0. The zero-order valence-corrected chi connectivity index (χ0v) is 17.5.